The number of benzene rings is 1. The van der Waals surface area contributed by atoms with Crippen molar-refractivity contribution in [3.05, 3.63) is 28.8 Å². The Labute approximate surface area is 120 Å². The van der Waals surface area contributed by atoms with Crippen LogP contribution >= 0.6 is 11.6 Å². The lowest BCUT2D eigenvalue weighted by atomic mass is 10.1. The van der Waals surface area contributed by atoms with E-state index in [9.17, 15) is 0 Å². The van der Waals surface area contributed by atoms with Gasteiger partial charge >= 0.3 is 0 Å². The molecule has 1 aromatic rings. The molecule has 4 heteroatoms. The van der Waals surface area contributed by atoms with E-state index in [0.717, 1.165) is 43.2 Å². The van der Waals surface area contributed by atoms with Crippen LogP contribution in [0.4, 0.5) is 0 Å². The molecule has 0 aromatic heterocycles. The molecule has 1 heterocycles. The Morgan fingerprint density at radius 3 is 3.00 bits per heavy atom. The molecule has 1 aliphatic rings. The number of unbranched alkanes of at least 4 members (excludes halogenated alkanes) is 1. The van der Waals surface area contributed by atoms with E-state index in [-0.39, 0.29) is 12.7 Å². The third-order valence-corrected chi connectivity index (χ3v) is 3.70. The van der Waals surface area contributed by atoms with Crippen molar-refractivity contribution in [3.8, 4) is 5.75 Å². The minimum absolute atomic E-state index is 0.178. The standard InChI is InChI=1S/C15H22ClNO2/c1-2-3-6-17(7-8-18)11-14-10-12-9-13(16)4-5-15(12)19-14/h4-5,9,14,18H,2-3,6-8,10-11H2,1H3. The van der Waals surface area contributed by atoms with E-state index in [4.69, 9.17) is 21.4 Å². The normalized spacial score (nSPS) is 17.6. The number of halogens is 1. The Kier molecular flexibility index (Phi) is 5.49. The van der Waals surface area contributed by atoms with Gasteiger partial charge in [-0.25, -0.2) is 0 Å². The molecule has 3 nitrogen and oxygen atoms in total. The van der Waals surface area contributed by atoms with Gasteiger partial charge in [0.05, 0.1) is 6.61 Å². The molecule has 0 saturated heterocycles. The predicted octanol–water partition coefficient (Wildman–Crippen LogP) is 2.74. The number of hydrogen-bond acceptors (Lipinski definition) is 3. The van der Waals surface area contributed by atoms with Crippen molar-refractivity contribution in [1.29, 1.82) is 0 Å². The van der Waals surface area contributed by atoms with Crippen LogP contribution in [-0.4, -0.2) is 42.4 Å². The molecule has 1 unspecified atom stereocenters. The SMILES string of the molecule is CCCCN(CCO)CC1Cc2cc(Cl)ccc2O1. The largest absolute Gasteiger partial charge is 0.488 e. The van der Waals surface area contributed by atoms with Crippen molar-refractivity contribution in [2.75, 3.05) is 26.2 Å². The molecule has 1 N–H and O–H groups in total. The number of aliphatic hydroxyl groups excluding tert-OH is 1. The van der Waals surface area contributed by atoms with Gasteiger partial charge in [-0.3, -0.25) is 4.90 Å². The van der Waals surface area contributed by atoms with Gasteiger partial charge in [-0.15, -0.1) is 0 Å². The van der Waals surface area contributed by atoms with Gasteiger partial charge in [0.2, 0.25) is 0 Å². The molecule has 0 radical (unpaired) electrons. The summed E-state index contributed by atoms with van der Waals surface area (Å²) in [7, 11) is 0. The fraction of sp³-hybridized carbons (Fsp3) is 0.600. The fourth-order valence-corrected chi connectivity index (χ4v) is 2.69. The smallest absolute Gasteiger partial charge is 0.123 e. The summed E-state index contributed by atoms with van der Waals surface area (Å²) in [5.74, 6) is 0.953. The number of nitrogens with zero attached hydrogens (tertiary/aromatic N) is 1. The van der Waals surface area contributed by atoms with E-state index in [1.165, 1.54) is 12.0 Å². The fourth-order valence-electron chi connectivity index (χ4n) is 2.50. The topological polar surface area (TPSA) is 32.7 Å². The summed E-state index contributed by atoms with van der Waals surface area (Å²) < 4.78 is 5.94. The number of aliphatic hydroxyl groups is 1. The minimum atomic E-state index is 0.178. The van der Waals surface area contributed by atoms with Crippen LogP contribution in [0.3, 0.4) is 0 Å². The van der Waals surface area contributed by atoms with Crippen LogP contribution in [0.5, 0.6) is 5.75 Å². The van der Waals surface area contributed by atoms with Gasteiger partial charge in [0.15, 0.2) is 0 Å². The Morgan fingerprint density at radius 1 is 1.42 bits per heavy atom. The quantitative estimate of drug-likeness (QED) is 0.835. The summed E-state index contributed by atoms with van der Waals surface area (Å²) in [6.07, 6.45) is 3.41. The Morgan fingerprint density at radius 2 is 2.26 bits per heavy atom. The van der Waals surface area contributed by atoms with Gasteiger partial charge < -0.3 is 9.84 Å². The molecular formula is C15H22ClNO2. The van der Waals surface area contributed by atoms with Gasteiger partial charge in [0.1, 0.15) is 11.9 Å². The van der Waals surface area contributed by atoms with E-state index in [2.05, 4.69) is 11.8 Å². The van der Waals surface area contributed by atoms with Crippen molar-refractivity contribution in [2.24, 2.45) is 0 Å². The molecule has 1 aliphatic heterocycles. The molecule has 106 valence electrons. The van der Waals surface area contributed by atoms with Gasteiger partial charge in [-0.1, -0.05) is 24.9 Å². The number of rotatable bonds is 7. The molecule has 19 heavy (non-hydrogen) atoms. The Bertz CT molecular complexity index is 411. The zero-order valence-corrected chi connectivity index (χ0v) is 12.2. The monoisotopic (exact) mass is 283 g/mol. The molecule has 0 spiro atoms. The molecule has 0 saturated carbocycles. The highest BCUT2D eigenvalue weighted by Crippen LogP contribution is 2.31. The van der Waals surface area contributed by atoms with E-state index in [1.54, 1.807) is 0 Å². The first-order valence-electron chi connectivity index (χ1n) is 7.01. The molecule has 2 rings (SSSR count). The second-order valence-corrected chi connectivity index (χ2v) is 5.51. The number of hydrogen-bond donors (Lipinski definition) is 1. The third kappa shape index (κ3) is 4.10. The summed E-state index contributed by atoms with van der Waals surface area (Å²) in [6.45, 7) is 4.99. The van der Waals surface area contributed by atoms with Crippen molar-refractivity contribution in [2.45, 2.75) is 32.3 Å². The van der Waals surface area contributed by atoms with Gasteiger partial charge in [0.25, 0.3) is 0 Å². The maximum atomic E-state index is 9.12. The van der Waals surface area contributed by atoms with Crippen LogP contribution < -0.4 is 4.74 Å². The molecule has 0 amide bonds. The average molecular weight is 284 g/mol. The van der Waals surface area contributed by atoms with Gasteiger partial charge in [-0.2, -0.15) is 0 Å². The zero-order valence-electron chi connectivity index (χ0n) is 11.4. The highest BCUT2D eigenvalue weighted by molar-refractivity contribution is 6.30. The summed E-state index contributed by atoms with van der Waals surface area (Å²) >= 11 is 6.00. The highest BCUT2D eigenvalue weighted by atomic mass is 35.5. The van der Waals surface area contributed by atoms with Crippen LogP contribution in [0, 0.1) is 0 Å². The Balaban J connectivity index is 1.90. The zero-order chi connectivity index (χ0) is 13.7. The van der Waals surface area contributed by atoms with Crippen molar-refractivity contribution in [3.63, 3.8) is 0 Å². The van der Waals surface area contributed by atoms with E-state index in [1.807, 2.05) is 18.2 Å². The molecule has 1 aromatic carbocycles. The summed E-state index contributed by atoms with van der Waals surface area (Å²) in [5.41, 5.74) is 1.19. The maximum absolute atomic E-state index is 9.12. The average Bonchev–Trinajstić information content (AvgIpc) is 2.77. The van der Waals surface area contributed by atoms with Crippen LogP contribution in [0.15, 0.2) is 18.2 Å². The molecule has 1 atom stereocenters. The first-order chi connectivity index (χ1) is 9.22. The first-order valence-corrected chi connectivity index (χ1v) is 7.39. The van der Waals surface area contributed by atoms with Gasteiger partial charge in [-0.05, 0) is 36.7 Å². The third-order valence-electron chi connectivity index (χ3n) is 3.47. The highest BCUT2D eigenvalue weighted by Gasteiger charge is 2.24. The molecule has 0 fully saturated rings. The summed E-state index contributed by atoms with van der Waals surface area (Å²) in [5, 5.41) is 9.88. The van der Waals surface area contributed by atoms with Crippen molar-refractivity contribution < 1.29 is 9.84 Å². The van der Waals surface area contributed by atoms with E-state index >= 15 is 0 Å². The predicted molar refractivity (Wildman–Crippen MR) is 78.0 cm³/mol. The second-order valence-electron chi connectivity index (χ2n) is 5.07. The van der Waals surface area contributed by atoms with Crippen LogP contribution in [0.1, 0.15) is 25.3 Å². The number of ether oxygens (including phenoxy) is 1. The van der Waals surface area contributed by atoms with Crippen LogP contribution in [-0.2, 0) is 6.42 Å². The van der Waals surface area contributed by atoms with E-state index < -0.39 is 0 Å². The van der Waals surface area contributed by atoms with Gasteiger partial charge in [0, 0.05) is 24.5 Å². The first kappa shape index (κ1) is 14.6. The molecule has 0 bridgehead atoms. The second kappa shape index (κ2) is 7.13. The number of fused-ring (bicyclic) bond motifs is 1. The lowest BCUT2D eigenvalue weighted by molar-refractivity contribution is 0.128. The summed E-state index contributed by atoms with van der Waals surface area (Å²) in [4.78, 5) is 2.28. The summed E-state index contributed by atoms with van der Waals surface area (Å²) in [6, 6.07) is 5.80. The Hall–Kier alpha value is -0.770. The van der Waals surface area contributed by atoms with Crippen LogP contribution in [0.2, 0.25) is 5.02 Å². The van der Waals surface area contributed by atoms with Crippen molar-refractivity contribution in [1.82, 2.24) is 4.90 Å². The molecule has 0 aliphatic carbocycles. The van der Waals surface area contributed by atoms with Crippen LogP contribution in [0.25, 0.3) is 0 Å². The lowest BCUT2D eigenvalue weighted by Crippen LogP contribution is -2.37. The van der Waals surface area contributed by atoms with Crippen molar-refractivity contribution >= 4 is 11.6 Å². The minimum Gasteiger partial charge on any atom is -0.488 e. The lowest BCUT2D eigenvalue weighted by Gasteiger charge is -2.24. The van der Waals surface area contributed by atoms with E-state index in [0.29, 0.717) is 0 Å². The molecular weight excluding hydrogens is 262 g/mol. The maximum Gasteiger partial charge on any atom is 0.123 e.